The molecule has 12 aromatic rings. The molecule has 12 rings (SSSR count). The van der Waals surface area contributed by atoms with Gasteiger partial charge in [-0.1, -0.05) is 231 Å². The van der Waals surface area contributed by atoms with E-state index >= 15 is 0 Å². The number of hydrogen-bond acceptors (Lipinski definition) is 4. The molecule has 0 radical (unpaired) electrons. The molecule has 10 aromatic carbocycles. The van der Waals surface area contributed by atoms with Gasteiger partial charge in [0.2, 0.25) is 0 Å². The predicted molar refractivity (Wildman–Crippen MR) is 274 cm³/mol. The molecule has 0 saturated carbocycles. The molecule has 0 unspecified atom stereocenters. The summed E-state index contributed by atoms with van der Waals surface area (Å²) in [4.78, 5) is 21.4. The Morgan fingerprint density at radius 2 is 0.515 bits per heavy atom. The van der Waals surface area contributed by atoms with Crippen LogP contribution in [-0.4, -0.2) is 19.9 Å². The zero-order chi connectivity index (χ0) is 43.8. The zero-order valence-electron chi connectivity index (χ0n) is 35.9. The standard InChI is InChI=1S/C62H40N4/c1-6-21-41(22-7-1)56-55(57(42-23-8-2-9-24-42)59(44-27-12-4-13-28-44)63-58(56)43-25-10-3-11-26-43)46-31-20-32-47(39-46)61-64-60(45-29-14-5-15-30-45)65-62(66-61)48-37-38-53-51-35-17-16-33-49(51)50-34-18-19-36-52(50)54(53)40-48/h1-40H. The molecular formula is C62H40N4. The van der Waals surface area contributed by atoms with E-state index in [4.69, 9.17) is 19.9 Å². The molecule has 308 valence electrons. The highest BCUT2D eigenvalue weighted by Crippen LogP contribution is 2.49. The molecule has 0 amide bonds. The van der Waals surface area contributed by atoms with Gasteiger partial charge in [-0.15, -0.1) is 0 Å². The summed E-state index contributed by atoms with van der Waals surface area (Å²) in [5.41, 5.74) is 13.0. The van der Waals surface area contributed by atoms with Crippen molar-refractivity contribution in [1.29, 1.82) is 0 Å². The second-order valence-corrected chi connectivity index (χ2v) is 16.5. The fourth-order valence-corrected chi connectivity index (χ4v) is 9.47. The average Bonchev–Trinajstić information content (AvgIpc) is 3.41. The highest BCUT2D eigenvalue weighted by atomic mass is 15.0. The van der Waals surface area contributed by atoms with Crippen molar-refractivity contribution in [1.82, 2.24) is 19.9 Å². The van der Waals surface area contributed by atoms with E-state index in [1.807, 2.05) is 18.2 Å². The maximum absolute atomic E-state index is 5.65. The van der Waals surface area contributed by atoms with Crippen LogP contribution in [0.4, 0.5) is 0 Å². The molecule has 0 aliphatic heterocycles. The van der Waals surface area contributed by atoms with Gasteiger partial charge in [0.1, 0.15) is 0 Å². The first kappa shape index (κ1) is 38.8. The minimum absolute atomic E-state index is 0.590. The third-order valence-electron chi connectivity index (χ3n) is 12.5. The highest BCUT2D eigenvalue weighted by Gasteiger charge is 2.26. The maximum atomic E-state index is 5.65. The maximum Gasteiger partial charge on any atom is 0.164 e. The third-order valence-corrected chi connectivity index (χ3v) is 12.5. The first-order chi connectivity index (χ1) is 32.7. The van der Waals surface area contributed by atoms with Crippen molar-refractivity contribution < 1.29 is 0 Å². The van der Waals surface area contributed by atoms with Crippen molar-refractivity contribution in [3.8, 4) is 90.1 Å². The second-order valence-electron chi connectivity index (χ2n) is 16.5. The molecule has 4 nitrogen and oxygen atoms in total. The first-order valence-electron chi connectivity index (χ1n) is 22.3. The molecule has 0 N–H and O–H groups in total. The molecule has 2 heterocycles. The van der Waals surface area contributed by atoms with Crippen LogP contribution in [0.5, 0.6) is 0 Å². The van der Waals surface area contributed by atoms with E-state index in [1.165, 1.54) is 26.9 Å². The van der Waals surface area contributed by atoms with Crippen molar-refractivity contribution >= 4 is 32.3 Å². The summed E-state index contributed by atoms with van der Waals surface area (Å²) >= 11 is 0. The van der Waals surface area contributed by atoms with Crippen LogP contribution < -0.4 is 0 Å². The number of rotatable bonds is 8. The molecule has 2 aromatic heterocycles. The van der Waals surface area contributed by atoms with Crippen LogP contribution in [0.25, 0.3) is 122 Å². The Morgan fingerprint density at radius 3 is 0.985 bits per heavy atom. The fourth-order valence-electron chi connectivity index (χ4n) is 9.47. The second kappa shape index (κ2) is 16.7. The van der Waals surface area contributed by atoms with Gasteiger partial charge in [0.15, 0.2) is 17.5 Å². The van der Waals surface area contributed by atoms with E-state index in [1.54, 1.807) is 0 Å². The Morgan fingerprint density at radius 1 is 0.182 bits per heavy atom. The van der Waals surface area contributed by atoms with Gasteiger partial charge in [-0.2, -0.15) is 0 Å². The Kier molecular flexibility index (Phi) is 9.81. The first-order valence-corrected chi connectivity index (χ1v) is 22.3. The monoisotopic (exact) mass is 840 g/mol. The van der Waals surface area contributed by atoms with Gasteiger partial charge >= 0.3 is 0 Å². The van der Waals surface area contributed by atoms with Crippen LogP contribution in [0.1, 0.15) is 0 Å². The van der Waals surface area contributed by atoms with E-state index in [0.29, 0.717) is 17.5 Å². The van der Waals surface area contributed by atoms with E-state index in [0.717, 1.165) is 78.0 Å². The highest BCUT2D eigenvalue weighted by molar-refractivity contribution is 6.25. The molecule has 0 saturated heterocycles. The lowest BCUT2D eigenvalue weighted by Crippen LogP contribution is -2.02. The Bertz CT molecular complexity index is 3590. The molecule has 4 heteroatoms. The Balaban J connectivity index is 1.12. The van der Waals surface area contributed by atoms with Crippen molar-refractivity contribution in [3.63, 3.8) is 0 Å². The summed E-state index contributed by atoms with van der Waals surface area (Å²) in [5, 5.41) is 7.25. The topological polar surface area (TPSA) is 51.6 Å². The van der Waals surface area contributed by atoms with E-state index < -0.39 is 0 Å². The summed E-state index contributed by atoms with van der Waals surface area (Å²) in [6, 6.07) is 85.2. The van der Waals surface area contributed by atoms with Crippen LogP contribution >= 0.6 is 0 Å². The zero-order valence-corrected chi connectivity index (χ0v) is 35.9. The van der Waals surface area contributed by atoms with Gasteiger partial charge in [0.05, 0.1) is 11.4 Å². The lowest BCUT2D eigenvalue weighted by molar-refractivity contribution is 1.07. The van der Waals surface area contributed by atoms with Crippen molar-refractivity contribution in [3.05, 3.63) is 243 Å². The average molecular weight is 841 g/mol. The van der Waals surface area contributed by atoms with Crippen LogP contribution in [0.3, 0.4) is 0 Å². The van der Waals surface area contributed by atoms with Crippen molar-refractivity contribution in [2.24, 2.45) is 0 Å². The van der Waals surface area contributed by atoms with Gasteiger partial charge in [-0.3, -0.25) is 0 Å². The minimum atomic E-state index is 0.590. The number of pyridine rings is 1. The van der Waals surface area contributed by atoms with Crippen molar-refractivity contribution in [2.45, 2.75) is 0 Å². The summed E-state index contributed by atoms with van der Waals surface area (Å²) in [7, 11) is 0. The molecule has 66 heavy (non-hydrogen) atoms. The molecule has 0 atom stereocenters. The van der Waals surface area contributed by atoms with Crippen LogP contribution in [0, 0.1) is 0 Å². The van der Waals surface area contributed by atoms with Crippen LogP contribution in [-0.2, 0) is 0 Å². The molecular weight excluding hydrogens is 801 g/mol. The number of benzene rings is 10. The largest absolute Gasteiger partial charge is 0.246 e. The molecule has 0 aliphatic carbocycles. The molecule has 0 fully saturated rings. The minimum Gasteiger partial charge on any atom is -0.246 e. The van der Waals surface area contributed by atoms with E-state index in [2.05, 4.69) is 224 Å². The number of aromatic nitrogens is 4. The molecule has 0 bridgehead atoms. The molecule has 0 aliphatic rings. The fraction of sp³-hybridized carbons (Fsp3) is 0. The number of fused-ring (bicyclic) bond motifs is 6. The number of hydrogen-bond donors (Lipinski definition) is 0. The molecule has 0 spiro atoms. The van der Waals surface area contributed by atoms with Gasteiger partial charge in [0, 0.05) is 44.5 Å². The van der Waals surface area contributed by atoms with Gasteiger partial charge < -0.3 is 0 Å². The van der Waals surface area contributed by atoms with Gasteiger partial charge in [-0.25, -0.2) is 19.9 Å². The third kappa shape index (κ3) is 6.98. The lowest BCUT2D eigenvalue weighted by atomic mass is 9.83. The predicted octanol–water partition coefficient (Wildman–Crippen LogP) is 16.1. The van der Waals surface area contributed by atoms with E-state index in [9.17, 15) is 0 Å². The smallest absolute Gasteiger partial charge is 0.164 e. The van der Waals surface area contributed by atoms with Crippen LogP contribution in [0.2, 0.25) is 0 Å². The summed E-state index contributed by atoms with van der Waals surface area (Å²) in [6.07, 6.45) is 0. The SMILES string of the molecule is c1ccc(-c2nc(-c3cccc(-c4c(-c5ccccc5)c(-c5ccccc5)nc(-c5ccccc5)c4-c4ccccc4)c3)nc(-c3ccc4c5ccccc5c5ccccc5c4c3)n2)cc1. The normalized spacial score (nSPS) is 11.3. The van der Waals surface area contributed by atoms with Crippen molar-refractivity contribution in [2.75, 3.05) is 0 Å². The summed E-state index contributed by atoms with van der Waals surface area (Å²) < 4.78 is 0. The van der Waals surface area contributed by atoms with E-state index in [-0.39, 0.29) is 0 Å². The summed E-state index contributed by atoms with van der Waals surface area (Å²) in [6.45, 7) is 0. The van der Waals surface area contributed by atoms with Crippen LogP contribution in [0.15, 0.2) is 243 Å². The lowest BCUT2D eigenvalue weighted by Gasteiger charge is -2.23. The van der Waals surface area contributed by atoms with Gasteiger partial charge in [0.25, 0.3) is 0 Å². The Hall–Kier alpha value is -8.86. The number of nitrogens with zero attached hydrogens (tertiary/aromatic N) is 4. The summed E-state index contributed by atoms with van der Waals surface area (Å²) in [5.74, 6) is 1.81. The Labute approximate surface area is 383 Å². The van der Waals surface area contributed by atoms with Gasteiger partial charge in [-0.05, 0) is 61.1 Å². The quantitative estimate of drug-likeness (QED) is 0.143.